The maximum absolute atomic E-state index is 12.3. The molecular weight excluding hydrogens is 220 g/mol. The van der Waals surface area contributed by atoms with Crippen LogP contribution in [0.1, 0.15) is 12.8 Å². The first-order valence-corrected chi connectivity index (χ1v) is 4.06. The summed E-state index contributed by atoms with van der Waals surface area (Å²) >= 11 is 2.02. The minimum absolute atomic E-state index is 0.0333. The fraction of sp³-hybridized carbons (Fsp3) is 0.833. The quantitative estimate of drug-likeness (QED) is 0.657. The Morgan fingerprint density at radius 3 is 2.36 bits per heavy atom. The molecule has 0 atom stereocenters. The van der Waals surface area contributed by atoms with E-state index in [1.165, 1.54) is 7.05 Å². The van der Waals surface area contributed by atoms with Crippen LogP contribution in [0, 0.1) is 0 Å². The predicted molar refractivity (Wildman–Crippen MR) is 39.7 cm³/mol. The normalized spacial score (nSPS) is 18.2. The average molecular weight is 228 g/mol. The van der Waals surface area contributed by atoms with E-state index in [2.05, 4.69) is 0 Å². The zero-order valence-corrected chi connectivity index (χ0v) is 7.57. The van der Waals surface area contributed by atoms with Crippen LogP contribution in [0.25, 0.3) is 0 Å². The lowest BCUT2D eigenvalue weighted by molar-refractivity contribution is -0.144. The molecule has 2 nitrogen and oxygen atoms in total. The van der Waals surface area contributed by atoms with E-state index in [1.54, 1.807) is 0 Å². The van der Waals surface area contributed by atoms with Crippen LogP contribution < -0.4 is 0 Å². The fourth-order valence-corrected chi connectivity index (χ4v) is 1.11. The van der Waals surface area contributed by atoms with Crippen molar-refractivity contribution in [3.8, 4) is 0 Å². The van der Waals surface area contributed by atoms with Crippen molar-refractivity contribution in [3.63, 3.8) is 0 Å². The molecule has 0 aromatic heterocycles. The molecule has 0 radical (unpaired) electrons. The zero-order chi connectivity index (χ0) is 8.65. The lowest BCUT2D eigenvalue weighted by atomic mass is 10.5. The van der Waals surface area contributed by atoms with Crippen LogP contribution in [0.5, 0.6) is 0 Å². The summed E-state index contributed by atoms with van der Waals surface area (Å²) < 4.78 is 24.6. The molecular formula is C6H8BrF2NO. The van der Waals surface area contributed by atoms with Crippen molar-refractivity contribution in [1.82, 2.24) is 4.90 Å². The Kier molecular flexibility index (Phi) is 2.18. The van der Waals surface area contributed by atoms with Gasteiger partial charge in [0.05, 0.1) is 0 Å². The molecule has 1 aliphatic carbocycles. The molecule has 0 bridgehead atoms. The van der Waals surface area contributed by atoms with E-state index in [1.807, 2.05) is 15.9 Å². The highest BCUT2D eigenvalue weighted by atomic mass is 79.9. The van der Waals surface area contributed by atoms with Crippen LogP contribution >= 0.6 is 15.9 Å². The third-order valence-electron chi connectivity index (χ3n) is 1.66. The van der Waals surface area contributed by atoms with Gasteiger partial charge in [0.2, 0.25) is 0 Å². The summed E-state index contributed by atoms with van der Waals surface area (Å²) in [6.45, 7) is 0. The Bertz CT molecular complexity index is 176. The van der Waals surface area contributed by atoms with Crippen LogP contribution in [-0.2, 0) is 4.79 Å². The van der Waals surface area contributed by atoms with Crippen LogP contribution in [0.15, 0.2) is 0 Å². The minimum atomic E-state index is -3.40. The molecule has 0 N–H and O–H groups in total. The van der Waals surface area contributed by atoms with Gasteiger partial charge in [-0.15, -0.1) is 0 Å². The first kappa shape index (κ1) is 8.90. The Labute approximate surface area is 71.7 Å². The van der Waals surface area contributed by atoms with Gasteiger partial charge < -0.3 is 4.90 Å². The van der Waals surface area contributed by atoms with E-state index < -0.39 is 10.7 Å². The van der Waals surface area contributed by atoms with Crippen molar-refractivity contribution in [3.05, 3.63) is 0 Å². The van der Waals surface area contributed by atoms with Gasteiger partial charge in [-0.3, -0.25) is 4.79 Å². The highest BCUT2D eigenvalue weighted by Crippen LogP contribution is 2.31. The molecule has 0 spiro atoms. The van der Waals surface area contributed by atoms with Gasteiger partial charge in [-0.1, -0.05) is 0 Å². The van der Waals surface area contributed by atoms with E-state index in [9.17, 15) is 13.6 Å². The van der Waals surface area contributed by atoms with Gasteiger partial charge in [-0.05, 0) is 12.8 Å². The third kappa shape index (κ3) is 2.12. The SMILES string of the molecule is CN(C(=O)C(F)(F)Br)C1CC1. The number of alkyl halides is 3. The van der Waals surface area contributed by atoms with Crippen molar-refractivity contribution >= 4 is 21.8 Å². The maximum atomic E-state index is 12.3. The Morgan fingerprint density at radius 1 is 1.64 bits per heavy atom. The fourth-order valence-electron chi connectivity index (χ4n) is 0.828. The molecule has 1 fully saturated rings. The molecule has 0 aromatic rings. The summed E-state index contributed by atoms with van der Waals surface area (Å²) in [7, 11) is 1.40. The summed E-state index contributed by atoms with van der Waals surface area (Å²) in [6, 6.07) is 0.0333. The smallest absolute Gasteiger partial charge is 0.337 e. The first-order valence-electron chi connectivity index (χ1n) is 3.27. The molecule has 0 aromatic carbocycles. The average Bonchev–Trinajstić information content (AvgIpc) is 2.63. The predicted octanol–water partition coefficient (Wildman–Crippen LogP) is 1.59. The standard InChI is InChI=1S/C6H8BrF2NO/c1-10(4-2-3-4)5(11)6(7,8)9/h4H,2-3H2,1H3. The molecule has 0 unspecified atom stereocenters. The molecule has 1 aliphatic rings. The van der Waals surface area contributed by atoms with Crippen molar-refractivity contribution < 1.29 is 13.6 Å². The molecule has 0 heterocycles. The van der Waals surface area contributed by atoms with E-state index in [-0.39, 0.29) is 6.04 Å². The molecule has 0 aliphatic heterocycles. The summed E-state index contributed by atoms with van der Waals surface area (Å²) in [4.78, 5) is 8.47. The molecule has 64 valence electrons. The van der Waals surface area contributed by atoms with E-state index in [4.69, 9.17) is 0 Å². The number of amides is 1. The molecule has 1 rings (SSSR count). The highest BCUT2D eigenvalue weighted by molar-refractivity contribution is 9.10. The molecule has 0 saturated heterocycles. The Morgan fingerprint density at radius 2 is 2.09 bits per heavy atom. The van der Waals surface area contributed by atoms with Crippen molar-refractivity contribution in [2.75, 3.05) is 7.05 Å². The molecule has 5 heteroatoms. The van der Waals surface area contributed by atoms with Crippen LogP contribution in [0.2, 0.25) is 0 Å². The van der Waals surface area contributed by atoms with E-state index in [0.717, 1.165) is 17.7 Å². The van der Waals surface area contributed by atoms with Gasteiger partial charge in [-0.2, -0.15) is 8.78 Å². The third-order valence-corrected chi connectivity index (χ3v) is 2.00. The van der Waals surface area contributed by atoms with E-state index in [0.29, 0.717) is 0 Å². The number of nitrogens with zero attached hydrogens (tertiary/aromatic N) is 1. The van der Waals surface area contributed by atoms with Gasteiger partial charge in [0, 0.05) is 29.0 Å². The largest absolute Gasteiger partial charge is 0.377 e. The van der Waals surface area contributed by atoms with Gasteiger partial charge in [0.15, 0.2) is 0 Å². The summed E-state index contributed by atoms with van der Waals surface area (Å²) in [5.41, 5.74) is 0. The molecule has 1 amide bonds. The molecule has 11 heavy (non-hydrogen) atoms. The lowest BCUT2D eigenvalue weighted by Crippen LogP contribution is -2.38. The summed E-state index contributed by atoms with van der Waals surface area (Å²) in [5, 5.41) is 0. The van der Waals surface area contributed by atoms with Gasteiger partial charge in [0.1, 0.15) is 0 Å². The summed E-state index contributed by atoms with van der Waals surface area (Å²) in [6.07, 6.45) is 1.68. The molecule has 1 saturated carbocycles. The summed E-state index contributed by atoms with van der Waals surface area (Å²) in [5.74, 6) is -1.15. The van der Waals surface area contributed by atoms with E-state index >= 15 is 0 Å². The van der Waals surface area contributed by atoms with Gasteiger partial charge >= 0.3 is 10.7 Å². The van der Waals surface area contributed by atoms with Crippen LogP contribution in [0.4, 0.5) is 8.78 Å². The highest BCUT2D eigenvalue weighted by Gasteiger charge is 2.42. The minimum Gasteiger partial charge on any atom is -0.337 e. The lowest BCUT2D eigenvalue weighted by Gasteiger charge is -2.18. The second-order valence-corrected chi connectivity index (χ2v) is 3.64. The number of hydrogen-bond donors (Lipinski definition) is 0. The monoisotopic (exact) mass is 227 g/mol. The zero-order valence-electron chi connectivity index (χ0n) is 5.98. The van der Waals surface area contributed by atoms with Crippen molar-refractivity contribution in [2.24, 2.45) is 0 Å². The second kappa shape index (κ2) is 2.69. The van der Waals surface area contributed by atoms with Gasteiger partial charge in [-0.25, -0.2) is 0 Å². The Hall–Kier alpha value is -0.190. The number of rotatable bonds is 2. The Balaban J connectivity index is 2.52. The maximum Gasteiger partial charge on any atom is 0.377 e. The number of halogens is 3. The number of carbonyl (C=O) groups excluding carboxylic acids is 1. The second-order valence-electron chi connectivity index (χ2n) is 2.64. The van der Waals surface area contributed by atoms with Crippen LogP contribution in [-0.4, -0.2) is 28.7 Å². The van der Waals surface area contributed by atoms with Crippen molar-refractivity contribution in [1.29, 1.82) is 0 Å². The number of carbonyl (C=O) groups is 1. The van der Waals surface area contributed by atoms with Crippen molar-refractivity contribution in [2.45, 2.75) is 23.7 Å². The van der Waals surface area contributed by atoms with Gasteiger partial charge in [0.25, 0.3) is 0 Å². The van der Waals surface area contributed by atoms with Crippen LogP contribution in [0.3, 0.4) is 0 Å². The topological polar surface area (TPSA) is 20.3 Å². The first-order chi connectivity index (χ1) is 4.93. The number of hydrogen-bond acceptors (Lipinski definition) is 1.